The van der Waals surface area contributed by atoms with Gasteiger partial charge in [0.05, 0.1) is 11.9 Å². The van der Waals surface area contributed by atoms with Gasteiger partial charge in [0.1, 0.15) is 17.5 Å². The van der Waals surface area contributed by atoms with Gasteiger partial charge in [-0.25, -0.2) is 9.97 Å². The SMILES string of the molecule is N#Cc1cnc(SCC(=O)N2CCC2)nc1N. The molecule has 0 saturated carbocycles. The molecule has 1 saturated heterocycles. The van der Waals surface area contributed by atoms with Crippen LogP contribution in [-0.2, 0) is 4.79 Å². The lowest BCUT2D eigenvalue weighted by Crippen LogP contribution is -2.43. The maximum absolute atomic E-state index is 11.6. The molecule has 88 valence electrons. The van der Waals surface area contributed by atoms with Gasteiger partial charge in [-0.1, -0.05) is 11.8 Å². The van der Waals surface area contributed by atoms with Gasteiger partial charge < -0.3 is 10.6 Å². The number of nitriles is 1. The third-order valence-corrected chi connectivity index (χ3v) is 3.30. The number of nitrogen functional groups attached to an aromatic ring is 1. The van der Waals surface area contributed by atoms with E-state index in [1.807, 2.05) is 6.07 Å². The van der Waals surface area contributed by atoms with Crippen LogP contribution in [0.2, 0.25) is 0 Å². The molecule has 1 aromatic rings. The van der Waals surface area contributed by atoms with E-state index in [0.29, 0.717) is 10.9 Å². The zero-order valence-corrected chi connectivity index (χ0v) is 9.90. The number of hydrogen-bond donors (Lipinski definition) is 1. The lowest BCUT2D eigenvalue weighted by atomic mass is 10.2. The fourth-order valence-corrected chi connectivity index (χ4v) is 2.04. The summed E-state index contributed by atoms with van der Waals surface area (Å²) in [6.07, 6.45) is 2.45. The van der Waals surface area contributed by atoms with Crippen LogP contribution < -0.4 is 5.73 Å². The number of nitrogens with two attached hydrogens (primary N) is 1. The summed E-state index contributed by atoms with van der Waals surface area (Å²) in [4.78, 5) is 21.3. The first-order valence-electron chi connectivity index (χ1n) is 5.14. The van der Waals surface area contributed by atoms with E-state index in [4.69, 9.17) is 11.0 Å². The van der Waals surface area contributed by atoms with Crippen molar-refractivity contribution in [3.05, 3.63) is 11.8 Å². The van der Waals surface area contributed by atoms with E-state index in [2.05, 4.69) is 9.97 Å². The monoisotopic (exact) mass is 249 g/mol. The number of nitrogens with zero attached hydrogens (tertiary/aromatic N) is 4. The molecule has 2 heterocycles. The molecule has 2 rings (SSSR count). The molecule has 0 bridgehead atoms. The van der Waals surface area contributed by atoms with Gasteiger partial charge in [-0.05, 0) is 6.42 Å². The second kappa shape index (κ2) is 5.01. The molecule has 1 aromatic heterocycles. The normalized spacial score (nSPS) is 13.9. The van der Waals surface area contributed by atoms with Crippen LogP contribution >= 0.6 is 11.8 Å². The van der Waals surface area contributed by atoms with Crippen LogP contribution in [0.1, 0.15) is 12.0 Å². The molecule has 1 aliphatic heterocycles. The number of aromatic nitrogens is 2. The van der Waals surface area contributed by atoms with Gasteiger partial charge in [-0.3, -0.25) is 4.79 Å². The Kier molecular flexibility index (Phi) is 3.44. The molecular weight excluding hydrogens is 238 g/mol. The Labute approximate surface area is 103 Å². The van der Waals surface area contributed by atoms with Crippen LogP contribution in [0, 0.1) is 11.3 Å². The van der Waals surface area contributed by atoms with Gasteiger partial charge in [0.2, 0.25) is 5.91 Å². The zero-order chi connectivity index (χ0) is 12.3. The molecule has 7 heteroatoms. The number of carbonyl (C=O) groups is 1. The lowest BCUT2D eigenvalue weighted by molar-refractivity contribution is -0.131. The molecule has 6 nitrogen and oxygen atoms in total. The van der Waals surface area contributed by atoms with Gasteiger partial charge in [0.25, 0.3) is 0 Å². The van der Waals surface area contributed by atoms with Crippen LogP contribution in [0.15, 0.2) is 11.4 Å². The second-order valence-corrected chi connectivity index (χ2v) is 4.53. The number of anilines is 1. The van der Waals surface area contributed by atoms with Crippen molar-refractivity contribution in [1.82, 2.24) is 14.9 Å². The molecule has 0 atom stereocenters. The van der Waals surface area contributed by atoms with Crippen LogP contribution in [0.3, 0.4) is 0 Å². The Balaban J connectivity index is 1.93. The molecule has 0 aliphatic carbocycles. The van der Waals surface area contributed by atoms with Crippen molar-refractivity contribution < 1.29 is 4.79 Å². The highest BCUT2D eigenvalue weighted by Crippen LogP contribution is 2.17. The first-order valence-corrected chi connectivity index (χ1v) is 6.12. The smallest absolute Gasteiger partial charge is 0.233 e. The van der Waals surface area contributed by atoms with Gasteiger partial charge in [-0.15, -0.1) is 0 Å². The Morgan fingerprint density at radius 1 is 1.65 bits per heavy atom. The van der Waals surface area contributed by atoms with Crippen LogP contribution in [0.4, 0.5) is 5.82 Å². The summed E-state index contributed by atoms with van der Waals surface area (Å²) < 4.78 is 0. The summed E-state index contributed by atoms with van der Waals surface area (Å²) in [5.41, 5.74) is 5.81. The van der Waals surface area contributed by atoms with Crippen molar-refractivity contribution in [2.24, 2.45) is 0 Å². The number of amides is 1. The largest absolute Gasteiger partial charge is 0.382 e. The number of carbonyl (C=O) groups excluding carboxylic acids is 1. The minimum absolute atomic E-state index is 0.0905. The van der Waals surface area contributed by atoms with Gasteiger partial charge >= 0.3 is 0 Å². The minimum atomic E-state index is 0.0905. The van der Waals surface area contributed by atoms with E-state index >= 15 is 0 Å². The van der Waals surface area contributed by atoms with E-state index in [1.165, 1.54) is 18.0 Å². The summed E-state index contributed by atoms with van der Waals surface area (Å²) in [7, 11) is 0. The number of rotatable bonds is 3. The lowest BCUT2D eigenvalue weighted by Gasteiger charge is -2.30. The Morgan fingerprint density at radius 3 is 2.94 bits per heavy atom. The summed E-state index contributed by atoms with van der Waals surface area (Å²) in [6, 6.07) is 1.89. The van der Waals surface area contributed by atoms with E-state index in [9.17, 15) is 4.79 Å². The average Bonchev–Trinajstić information content (AvgIpc) is 2.24. The summed E-state index contributed by atoms with van der Waals surface area (Å²) in [5, 5.41) is 9.09. The highest BCUT2D eigenvalue weighted by atomic mass is 32.2. The molecular formula is C10H11N5OS. The van der Waals surface area contributed by atoms with Crippen LogP contribution in [0.25, 0.3) is 0 Å². The number of thioether (sulfide) groups is 1. The predicted molar refractivity (Wildman–Crippen MR) is 63.1 cm³/mol. The Bertz CT molecular complexity index is 480. The standard InChI is InChI=1S/C10H11N5OS/c11-4-7-5-13-10(14-9(7)12)17-6-8(16)15-2-1-3-15/h5H,1-3,6H2,(H2,12,13,14). The average molecular weight is 249 g/mol. The fraction of sp³-hybridized carbons (Fsp3) is 0.400. The first kappa shape index (κ1) is 11.7. The van der Waals surface area contributed by atoms with Crippen molar-refractivity contribution in [3.63, 3.8) is 0 Å². The predicted octanol–water partition coefficient (Wildman–Crippen LogP) is 0.255. The molecule has 17 heavy (non-hydrogen) atoms. The van der Waals surface area contributed by atoms with Crippen LogP contribution in [0.5, 0.6) is 0 Å². The van der Waals surface area contributed by atoms with E-state index < -0.39 is 0 Å². The Hall–Kier alpha value is -1.81. The first-order chi connectivity index (χ1) is 8.20. The Morgan fingerprint density at radius 2 is 2.41 bits per heavy atom. The molecule has 1 aliphatic rings. The summed E-state index contributed by atoms with van der Waals surface area (Å²) >= 11 is 1.24. The minimum Gasteiger partial charge on any atom is -0.382 e. The third-order valence-electron chi connectivity index (χ3n) is 2.45. The molecule has 1 fully saturated rings. The molecule has 0 unspecified atom stereocenters. The zero-order valence-electron chi connectivity index (χ0n) is 9.09. The van der Waals surface area contributed by atoms with Crippen molar-refractivity contribution in [3.8, 4) is 6.07 Å². The van der Waals surface area contributed by atoms with Crippen molar-refractivity contribution in [2.45, 2.75) is 11.6 Å². The topological polar surface area (TPSA) is 95.9 Å². The highest BCUT2D eigenvalue weighted by Gasteiger charge is 2.20. The molecule has 0 aromatic carbocycles. The second-order valence-electron chi connectivity index (χ2n) is 3.59. The van der Waals surface area contributed by atoms with E-state index in [1.54, 1.807) is 4.90 Å². The molecule has 0 radical (unpaired) electrons. The maximum atomic E-state index is 11.6. The quantitative estimate of drug-likeness (QED) is 0.609. The van der Waals surface area contributed by atoms with E-state index in [-0.39, 0.29) is 17.3 Å². The van der Waals surface area contributed by atoms with Crippen LogP contribution in [-0.4, -0.2) is 39.6 Å². The number of likely N-dealkylation sites (tertiary alicyclic amines) is 1. The highest BCUT2D eigenvalue weighted by molar-refractivity contribution is 7.99. The molecule has 2 N–H and O–H groups in total. The van der Waals surface area contributed by atoms with Crippen molar-refractivity contribution >= 4 is 23.5 Å². The van der Waals surface area contributed by atoms with Crippen molar-refractivity contribution in [1.29, 1.82) is 5.26 Å². The van der Waals surface area contributed by atoms with E-state index in [0.717, 1.165) is 19.5 Å². The summed E-state index contributed by atoms with van der Waals surface area (Å²) in [6.45, 7) is 1.69. The van der Waals surface area contributed by atoms with Gasteiger partial charge in [0.15, 0.2) is 5.16 Å². The molecule has 1 amide bonds. The fourth-order valence-electron chi connectivity index (χ4n) is 1.32. The van der Waals surface area contributed by atoms with Crippen molar-refractivity contribution in [2.75, 3.05) is 24.6 Å². The number of hydrogen-bond acceptors (Lipinski definition) is 6. The summed E-state index contributed by atoms with van der Waals surface area (Å²) in [5.74, 6) is 0.555. The maximum Gasteiger partial charge on any atom is 0.233 e. The molecule has 0 spiro atoms. The van der Waals surface area contributed by atoms with Gasteiger partial charge in [-0.2, -0.15) is 5.26 Å². The van der Waals surface area contributed by atoms with Gasteiger partial charge in [0, 0.05) is 13.1 Å². The third kappa shape index (κ3) is 2.65.